The number of amides is 2. The number of fused-ring (bicyclic) bond motifs is 6. The fraction of sp³-hybridized carbons (Fsp3) is 0.229. The van der Waals surface area contributed by atoms with Crippen molar-refractivity contribution in [3.8, 4) is 17.2 Å². The Hall–Kier alpha value is -5.09. The van der Waals surface area contributed by atoms with Gasteiger partial charge in [-0.1, -0.05) is 18.2 Å². The predicted octanol–water partition coefficient (Wildman–Crippen LogP) is 6.25. The molecule has 4 N–H and O–H groups in total. The van der Waals surface area contributed by atoms with E-state index in [1.165, 1.54) is 5.01 Å². The Morgan fingerprint density at radius 2 is 1.44 bits per heavy atom. The van der Waals surface area contributed by atoms with E-state index in [1.807, 2.05) is 64.1 Å². The second-order valence-electron chi connectivity index (χ2n) is 11.0. The number of hydrazine groups is 1. The molecule has 9 nitrogen and oxygen atoms in total. The first kappa shape index (κ1) is 30.0. The van der Waals surface area contributed by atoms with Gasteiger partial charge in [0.1, 0.15) is 22.8 Å². The molecule has 0 atom stereocenters. The van der Waals surface area contributed by atoms with E-state index in [2.05, 4.69) is 33.5 Å². The topological polar surface area (TPSA) is 104 Å². The number of carbonyl (C=O) groups is 2. The van der Waals surface area contributed by atoms with Gasteiger partial charge in [-0.15, -0.1) is 0 Å². The first-order valence-electron chi connectivity index (χ1n) is 14.9. The van der Waals surface area contributed by atoms with Crippen molar-refractivity contribution in [1.29, 1.82) is 0 Å². The van der Waals surface area contributed by atoms with Crippen LogP contribution in [0.3, 0.4) is 0 Å². The number of hydrogen-bond donors (Lipinski definition) is 4. The lowest BCUT2D eigenvalue weighted by Gasteiger charge is -2.44. The summed E-state index contributed by atoms with van der Waals surface area (Å²) in [6.07, 6.45) is 0. The minimum absolute atomic E-state index is 0.0204. The third kappa shape index (κ3) is 4.91. The Morgan fingerprint density at radius 3 is 2.00 bits per heavy atom. The molecule has 0 saturated carbocycles. The molecule has 0 fully saturated rings. The largest absolute Gasteiger partial charge is 0.497 e. The molecule has 6 rings (SSSR count). The van der Waals surface area contributed by atoms with Crippen molar-refractivity contribution in [1.82, 2.24) is 15.8 Å². The number of nitrogens with zero attached hydrogens (tertiary/aromatic N) is 1. The van der Waals surface area contributed by atoms with Crippen molar-refractivity contribution in [3.05, 3.63) is 112 Å². The van der Waals surface area contributed by atoms with Gasteiger partial charge in [0, 0.05) is 64.4 Å². The SMILES string of the molecule is CCNc1cc2c(cc1C)C1(c3cc(C)c(NCC)cc3O2)c2ccccc2C(=O)N1NC(=S)NC(=O)c1ccc(OC)cc1. The molecule has 45 heavy (non-hydrogen) atoms. The first-order valence-corrected chi connectivity index (χ1v) is 15.3. The number of hydrogen-bond acceptors (Lipinski definition) is 7. The summed E-state index contributed by atoms with van der Waals surface area (Å²) in [6, 6.07) is 22.3. The van der Waals surface area contributed by atoms with Crippen LogP contribution in [0, 0.1) is 13.8 Å². The number of methoxy groups -OCH3 is 1. The molecule has 4 aromatic carbocycles. The molecule has 2 amide bonds. The fourth-order valence-corrected chi connectivity index (χ4v) is 6.41. The molecule has 0 saturated heterocycles. The monoisotopic (exact) mass is 621 g/mol. The zero-order valence-corrected chi connectivity index (χ0v) is 26.6. The summed E-state index contributed by atoms with van der Waals surface area (Å²) < 4.78 is 11.8. The zero-order chi connectivity index (χ0) is 31.9. The summed E-state index contributed by atoms with van der Waals surface area (Å²) in [4.78, 5) is 27.5. The van der Waals surface area contributed by atoms with Gasteiger partial charge in [-0.25, -0.2) is 5.01 Å². The van der Waals surface area contributed by atoms with Crippen molar-refractivity contribution < 1.29 is 19.1 Å². The van der Waals surface area contributed by atoms with Gasteiger partial charge < -0.3 is 20.1 Å². The number of carbonyl (C=O) groups excluding carboxylic acids is 2. The second-order valence-corrected chi connectivity index (χ2v) is 11.4. The van der Waals surface area contributed by atoms with Crippen LogP contribution in [-0.2, 0) is 5.54 Å². The van der Waals surface area contributed by atoms with Crippen LogP contribution in [0.15, 0.2) is 72.8 Å². The highest BCUT2D eigenvalue weighted by molar-refractivity contribution is 7.80. The van der Waals surface area contributed by atoms with Crippen LogP contribution in [0.1, 0.15) is 62.4 Å². The minimum Gasteiger partial charge on any atom is -0.497 e. The van der Waals surface area contributed by atoms with Gasteiger partial charge in [-0.2, -0.15) is 0 Å². The average Bonchev–Trinajstić information content (AvgIpc) is 3.27. The quantitative estimate of drug-likeness (QED) is 0.180. The Morgan fingerprint density at radius 1 is 0.867 bits per heavy atom. The summed E-state index contributed by atoms with van der Waals surface area (Å²) in [6.45, 7) is 9.62. The number of benzene rings is 4. The van der Waals surface area contributed by atoms with Crippen LogP contribution >= 0.6 is 12.2 Å². The molecule has 2 aliphatic heterocycles. The van der Waals surface area contributed by atoms with E-state index in [9.17, 15) is 9.59 Å². The number of ether oxygens (including phenoxy) is 2. The molecular weight excluding hydrogens is 586 g/mol. The van der Waals surface area contributed by atoms with E-state index in [0.717, 1.165) is 52.3 Å². The van der Waals surface area contributed by atoms with E-state index in [-0.39, 0.29) is 11.0 Å². The Balaban J connectivity index is 1.52. The van der Waals surface area contributed by atoms with E-state index in [1.54, 1.807) is 31.4 Å². The van der Waals surface area contributed by atoms with Gasteiger partial charge in [0.2, 0.25) is 0 Å². The van der Waals surface area contributed by atoms with Gasteiger partial charge in [0.05, 0.1) is 7.11 Å². The number of aryl methyl sites for hydroxylation is 2. The molecule has 4 aromatic rings. The molecule has 0 aliphatic carbocycles. The van der Waals surface area contributed by atoms with Crippen LogP contribution < -0.4 is 30.8 Å². The molecule has 2 heterocycles. The maximum absolute atomic E-state index is 14.4. The molecular formula is C35H35N5O4S. The molecule has 10 heteroatoms. The van der Waals surface area contributed by atoms with E-state index in [4.69, 9.17) is 21.7 Å². The molecule has 0 radical (unpaired) electrons. The summed E-state index contributed by atoms with van der Waals surface area (Å²) in [5, 5.41) is 11.1. The molecule has 0 unspecified atom stereocenters. The third-order valence-electron chi connectivity index (χ3n) is 8.27. The zero-order valence-electron chi connectivity index (χ0n) is 25.8. The molecule has 230 valence electrons. The Labute approximate surface area is 267 Å². The standard InChI is InChI=1S/C35H35N5O4S/c1-6-36-28-18-30-26(16-20(28)3)35(27-17-21(4)29(37-7-2)19-31(27)44-30)25-11-9-8-10-24(25)33(42)40(35)39-34(45)38-32(41)22-12-14-23(43-5)15-13-22/h8-19,36-37H,6-7H2,1-5H3,(H2,38,39,41,45). The van der Waals surface area contributed by atoms with Crippen LogP contribution in [-0.4, -0.2) is 42.1 Å². The lowest BCUT2D eigenvalue weighted by atomic mass is 9.74. The number of rotatable bonds is 7. The molecule has 0 aromatic heterocycles. The van der Waals surface area contributed by atoms with Gasteiger partial charge >= 0.3 is 0 Å². The highest BCUT2D eigenvalue weighted by Gasteiger charge is 2.57. The van der Waals surface area contributed by atoms with Gasteiger partial charge in [-0.05, 0) is 93.5 Å². The van der Waals surface area contributed by atoms with Crippen molar-refractivity contribution in [3.63, 3.8) is 0 Å². The average molecular weight is 622 g/mol. The molecule has 2 aliphatic rings. The molecule has 1 spiro atoms. The maximum atomic E-state index is 14.4. The maximum Gasteiger partial charge on any atom is 0.274 e. The number of nitrogens with one attached hydrogen (secondary N) is 4. The number of anilines is 2. The van der Waals surface area contributed by atoms with Crippen LogP contribution in [0.5, 0.6) is 17.2 Å². The highest BCUT2D eigenvalue weighted by atomic mass is 32.1. The summed E-state index contributed by atoms with van der Waals surface area (Å²) in [5.74, 6) is 1.15. The van der Waals surface area contributed by atoms with Gasteiger partial charge in [0.25, 0.3) is 11.8 Å². The van der Waals surface area contributed by atoms with Crippen LogP contribution in [0.2, 0.25) is 0 Å². The normalized spacial score (nSPS) is 13.7. The van der Waals surface area contributed by atoms with Crippen LogP contribution in [0.25, 0.3) is 0 Å². The van der Waals surface area contributed by atoms with Crippen molar-refractivity contribution in [2.24, 2.45) is 0 Å². The van der Waals surface area contributed by atoms with Crippen LogP contribution in [0.4, 0.5) is 11.4 Å². The van der Waals surface area contributed by atoms with Crippen molar-refractivity contribution in [2.75, 3.05) is 30.8 Å². The fourth-order valence-electron chi connectivity index (χ4n) is 6.23. The van der Waals surface area contributed by atoms with E-state index in [0.29, 0.717) is 28.4 Å². The number of thiocarbonyl (C=S) groups is 1. The first-order chi connectivity index (χ1) is 21.7. The Kier molecular flexibility index (Phi) is 7.84. The minimum atomic E-state index is -1.17. The third-order valence-corrected chi connectivity index (χ3v) is 8.46. The summed E-state index contributed by atoms with van der Waals surface area (Å²) in [5.41, 5.74) is 9.08. The summed E-state index contributed by atoms with van der Waals surface area (Å²) >= 11 is 5.68. The van der Waals surface area contributed by atoms with Gasteiger partial charge in [-0.3, -0.25) is 20.3 Å². The van der Waals surface area contributed by atoms with Gasteiger partial charge in [0.15, 0.2) is 5.11 Å². The summed E-state index contributed by atoms with van der Waals surface area (Å²) in [7, 11) is 1.56. The van der Waals surface area contributed by atoms with E-state index >= 15 is 0 Å². The van der Waals surface area contributed by atoms with E-state index < -0.39 is 11.4 Å². The smallest absolute Gasteiger partial charge is 0.274 e. The highest BCUT2D eigenvalue weighted by Crippen LogP contribution is 2.58. The Bertz CT molecular complexity index is 1780. The lowest BCUT2D eigenvalue weighted by Crippen LogP contribution is -2.58. The molecule has 0 bridgehead atoms. The predicted molar refractivity (Wildman–Crippen MR) is 179 cm³/mol. The van der Waals surface area contributed by atoms with Crippen molar-refractivity contribution in [2.45, 2.75) is 33.2 Å². The lowest BCUT2D eigenvalue weighted by molar-refractivity contribution is 0.0588. The van der Waals surface area contributed by atoms with Crippen molar-refractivity contribution >= 4 is 40.5 Å². The second kappa shape index (κ2) is 11.8.